The van der Waals surface area contributed by atoms with Gasteiger partial charge < -0.3 is 0 Å². The molecule has 0 aliphatic rings. The quantitative estimate of drug-likeness (QED) is 0.221. The fraction of sp³-hybridized carbons (Fsp3) is 1.00. The van der Waals surface area contributed by atoms with Crippen LogP contribution in [-0.4, -0.2) is 0 Å². The first-order chi connectivity index (χ1) is 11.2. The van der Waals surface area contributed by atoms with Gasteiger partial charge >= 0.3 is 0 Å². The predicted octanol–water partition coefficient (Wildman–Crippen LogP) is 8.93. The zero-order valence-electron chi connectivity index (χ0n) is 17.2. The molecule has 0 rings (SSSR count). The molecule has 0 heterocycles. The van der Waals surface area contributed by atoms with Crippen molar-refractivity contribution in [3.63, 3.8) is 0 Å². The molecule has 23 heavy (non-hydrogen) atoms. The molecule has 0 aromatic carbocycles. The Morgan fingerprint density at radius 3 is 1.35 bits per heavy atom. The molecule has 0 aliphatic carbocycles. The summed E-state index contributed by atoms with van der Waals surface area (Å²) >= 11 is 0. The zero-order valence-corrected chi connectivity index (χ0v) is 17.2. The molecule has 0 saturated heterocycles. The van der Waals surface area contributed by atoms with Crippen molar-refractivity contribution in [2.45, 2.75) is 137 Å². The second-order valence-corrected chi connectivity index (χ2v) is 8.11. The molecule has 0 spiro atoms. The Balaban J connectivity index is 3.90. The van der Waals surface area contributed by atoms with E-state index in [1.54, 1.807) is 0 Å². The van der Waals surface area contributed by atoms with E-state index in [0.717, 1.165) is 11.8 Å². The summed E-state index contributed by atoms with van der Waals surface area (Å²) in [5.74, 6) is 1.98. The maximum Gasteiger partial charge on any atom is -0.0412 e. The topological polar surface area (TPSA) is 0 Å². The summed E-state index contributed by atoms with van der Waals surface area (Å²) in [7, 11) is 0. The summed E-state index contributed by atoms with van der Waals surface area (Å²) in [5, 5.41) is 0. The van der Waals surface area contributed by atoms with Crippen LogP contribution in [0.3, 0.4) is 0 Å². The lowest BCUT2D eigenvalue weighted by atomic mass is 9.85. The molecule has 0 aromatic rings. The van der Waals surface area contributed by atoms with Gasteiger partial charge in [0.15, 0.2) is 0 Å². The van der Waals surface area contributed by atoms with Crippen LogP contribution in [0.1, 0.15) is 137 Å². The highest BCUT2D eigenvalue weighted by Crippen LogP contribution is 2.27. The summed E-state index contributed by atoms with van der Waals surface area (Å²) in [5.41, 5.74) is 0. The minimum absolute atomic E-state index is 0.957. The fourth-order valence-electron chi connectivity index (χ4n) is 3.88. The van der Waals surface area contributed by atoms with E-state index in [1.165, 1.54) is 109 Å². The number of hydrogen-bond acceptors (Lipinski definition) is 0. The van der Waals surface area contributed by atoms with Crippen molar-refractivity contribution in [3.8, 4) is 0 Å². The first-order valence-electron chi connectivity index (χ1n) is 11.2. The SMILES string of the molecule is CCCCCCCC(C)CC(CCCCCC)CCCCCC. The lowest BCUT2D eigenvalue weighted by Gasteiger charge is -2.21. The highest BCUT2D eigenvalue weighted by Gasteiger charge is 2.13. The average molecular weight is 325 g/mol. The van der Waals surface area contributed by atoms with Gasteiger partial charge in [0, 0.05) is 0 Å². The highest BCUT2D eigenvalue weighted by molar-refractivity contribution is 4.65. The first kappa shape index (κ1) is 23.0. The average Bonchev–Trinajstić information content (AvgIpc) is 2.55. The molecule has 0 nitrogen and oxygen atoms in total. The Morgan fingerprint density at radius 1 is 0.478 bits per heavy atom. The molecule has 0 saturated carbocycles. The summed E-state index contributed by atoms with van der Waals surface area (Å²) < 4.78 is 0. The number of unbranched alkanes of at least 4 members (excludes halogenated alkanes) is 10. The molecule has 1 unspecified atom stereocenters. The van der Waals surface area contributed by atoms with Gasteiger partial charge in [-0.25, -0.2) is 0 Å². The van der Waals surface area contributed by atoms with Gasteiger partial charge in [0.05, 0.1) is 0 Å². The Morgan fingerprint density at radius 2 is 0.870 bits per heavy atom. The third kappa shape index (κ3) is 16.6. The minimum atomic E-state index is 0.957. The first-order valence-corrected chi connectivity index (χ1v) is 11.2. The van der Waals surface area contributed by atoms with E-state index in [9.17, 15) is 0 Å². The molecule has 0 aliphatic heterocycles. The molecule has 140 valence electrons. The van der Waals surface area contributed by atoms with E-state index in [2.05, 4.69) is 27.7 Å². The standard InChI is InChI=1S/C23H48/c1-5-8-11-14-15-18-22(4)21-23(19-16-12-9-6-2)20-17-13-10-7-3/h22-23H,5-21H2,1-4H3. The molecular weight excluding hydrogens is 276 g/mol. The van der Waals surface area contributed by atoms with E-state index >= 15 is 0 Å². The molecule has 0 heteroatoms. The maximum absolute atomic E-state index is 2.52. The summed E-state index contributed by atoms with van der Waals surface area (Å²) in [6.07, 6.45) is 24.7. The Kier molecular flexibility index (Phi) is 18.3. The van der Waals surface area contributed by atoms with Crippen LogP contribution in [0.25, 0.3) is 0 Å². The second kappa shape index (κ2) is 18.3. The maximum atomic E-state index is 2.52. The summed E-state index contributed by atoms with van der Waals surface area (Å²) in [6, 6.07) is 0. The Bertz CT molecular complexity index is 196. The van der Waals surface area contributed by atoms with Crippen molar-refractivity contribution in [2.75, 3.05) is 0 Å². The van der Waals surface area contributed by atoms with E-state index < -0.39 is 0 Å². The van der Waals surface area contributed by atoms with Crippen molar-refractivity contribution in [1.82, 2.24) is 0 Å². The van der Waals surface area contributed by atoms with E-state index in [1.807, 2.05) is 0 Å². The number of rotatable bonds is 18. The molecule has 0 radical (unpaired) electrons. The van der Waals surface area contributed by atoms with Crippen LogP contribution in [0.4, 0.5) is 0 Å². The van der Waals surface area contributed by atoms with Gasteiger partial charge in [-0.15, -0.1) is 0 Å². The van der Waals surface area contributed by atoms with Crippen LogP contribution < -0.4 is 0 Å². The van der Waals surface area contributed by atoms with Gasteiger partial charge in [-0.2, -0.15) is 0 Å². The van der Waals surface area contributed by atoms with Crippen molar-refractivity contribution in [2.24, 2.45) is 11.8 Å². The third-order valence-corrected chi connectivity index (χ3v) is 5.47. The Labute approximate surface area is 149 Å². The van der Waals surface area contributed by atoms with Gasteiger partial charge in [0.25, 0.3) is 0 Å². The third-order valence-electron chi connectivity index (χ3n) is 5.47. The van der Waals surface area contributed by atoms with Crippen LogP contribution in [0.2, 0.25) is 0 Å². The van der Waals surface area contributed by atoms with Crippen LogP contribution >= 0.6 is 0 Å². The smallest absolute Gasteiger partial charge is 0.0412 e. The molecule has 0 amide bonds. The van der Waals surface area contributed by atoms with Crippen molar-refractivity contribution >= 4 is 0 Å². The van der Waals surface area contributed by atoms with Gasteiger partial charge in [0.2, 0.25) is 0 Å². The molecule has 0 bridgehead atoms. The molecule has 0 fully saturated rings. The van der Waals surface area contributed by atoms with Crippen LogP contribution in [0.5, 0.6) is 0 Å². The zero-order chi connectivity index (χ0) is 17.2. The fourth-order valence-corrected chi connectivity index (χ4v) is 3.88. The van der Waals surface area contributed by atoms with Crippen molar-refractivity contribution < 1.29 is 0 Å². The molecule has 1 atom stereocenters. The summed E-state index contributed by atoms with van der Waals surface area (Å²) in [6.45, 7) is 9.47. The monoisotopic (exact) mass is 324 g/mol. The lowest BCUT2D eigenvalue weighted by molar-refractivity contribution is 0.313. The highest BCUT2D eigenvalue weighted by atomic mass is 14.2. The van der Waals surface area contributed by atoms with Crippen molar-refractivity contribution in [1.29, 1.82) is 0 Å². The summed E-state index contributed by atoms with van der Waals surface area (Å²) in [4.78, 5) is 0. The van der Waals surface area contributed by atoms with Gasteiger partial charge in [0.1, 0.15) is 0 Å². The van der Waals surface area contributed by atoms with E-state index in [-0.39, 0.29) is 0 Å². The Hall–Kier alpha value is 0. The van der Waals surface area contributed by atoms with Gasteiger partial charge in [-0.05, 0) is 18.3 Å². The predicted molar refractivity (Wildman–Crippen MR) is 108 cm³/mol. The molecule has 0 N–H and O–H groups in total. The van der Waals surface area contributed by atoms with Gasteiger partial charge in [-0.1, -0.05) is 130 Å². The number of hydrogen-bond donors (Lipinski definition) is 0. The van der Waals surface area contributed by atoms with Crippen LogP contribution in [-0.2, 0) is 0 Å². The van der Waals surface area contributed by atoms with Crippen LogP contribution in [0.15, 0.2) is 0 Å². The van der Waals surface area contributed by atoms with Crippen LogP contribution in [0, 0.1) is 11.8 Å². The molecule has 0 aromatic heterocycles. The largest absolute Gasteiger partial charge is 0.0654 e. The minimum Gasteiger partial charge on any atom is -0.0654 e. The molecular formula is C23H48. The van der Waals surface area contributed by atoms with Gasteiger partial charge in [-0.3, -0.25) is 0 Å². The lowest BCUT2D eigenvalue weighted by Crippen LogP contribution is -2.07. The van der Waals surface area contributed by atoms with E-state index in [0.29, 0.717) is 0 Å². The normalized spacial score (nSPS) is 12.9. The van der Waals surface area contributed by atoms with Crippen molar-refractivity contribution in [3.05, 3.63) is 0 Å². The second-order valence-electron chi connectivity index (χ2n) is 8.11. The van der Waals surface area contributed by atoms with E-state index in [4.69, 9.17) is 0 Å².